The number of benzene rings is 1. The normalized spacial score (nSPS) is 14.3. The van der Waals surface area contributed by atoms with Crippen LogP contribution >= 0.6 is 12.4 Å². The van der Waals surface area contributed by atoms with Crippen LogP contribution in [0.3, 0.4) is 0 Å². The summed E-state index contributed by atoms with van der Waals surface area (Å²) in [5, 5.41) is 0. The molecule has 1 aromatic rings. The van der Waals surface area contributed by atoms with Gasteiger partial charge in [0.15, 0.2) is 0 Å². The van der Waals surface area contributed by atoms with Crippen LogP contribution < -0.4 is 5.73 Å². The van der Waals surface area contributed by atoms with Gasteiger partial charge in [0.25, 0.3) is 0 Å². The van der Waals surface area contributed by atoms with E-state index in [-0.39, 0.29) is 18.4 Å². The van der Waals surface area contributed by atoms with Crippen molar-refractivity contribution in [2.24, 2.45) is 11.7 Å². The summed E-state index contributed by atoms with van der Waals surface area (Å²) in [6.45, 7) is 6.51. The third-order valence-corrected chi connectivity index (χ3v) is 2.80. The molecule has 0 bridgehead atoms. The van der Waals surface area contributed by atoms with Crippen LogP contribution in [0.1, 0.15) is 37.4 Å². The number of hydrogen-bond acceptors (Lipinski definition) is 1. The third kappa shape index (κ3) is 3.00. The molecule has 1 aromatic carbocycles. The Morgan fingerprint density at radius 3 is 2.36 bits per heavy atom. The molecular weight excluding hydrogens is 194 g/mol. The van der Waals surface area contributed by atoms with E-state index in [1.165, 1.54) is 11.1 Å². The van der Waals surface area contributed by atoms with E-state index in [0.29, 0.717) is 5.92 Å². The van der Waals surface area contributed by atoms with Crippen molar-refractivity contribution >= 4 is 12.4 Å². The van der Waals surface area contributed by atoms with Crippen LogP contribution in [0, 0.1) is 12.8 Å². The summed E-state index contributed by atoms with van der Waals surface area (Å²) >= 11 is 0. The minimum absolute atomic E-state index is 0. The van der Waals surface area contributed by atoms with Gasteiger partial charge in [0.05, 0.1) is 0 Å². The van der Waals surface area contributed by atoms with E-state index in [9.17, 15) is 0 Å². The van der Waals surface area contributed by atoms with E-state index in [4.69, 9.17) is 5.73 Å². The average Bonchev–Trinajstić information content (AvgIpc) is 2.16. The number of rotatable bonds is 3. The summed E-state index contributed by atoms with van der Waals surface area (Å²) < 4.78 is 0. The van der Waals surface area contributed by atoms with Gasteiger partial charge >= 0.3 is 0 Å². The van der Waals surface area contributed by atoms with Crippen molar-refractivity contribution in [2.75, 3.05) is 0 Å². The second kappa shape index (κ2) is 6.05. The lowest BCUT2D eigenvalue weighted by atomic mass is 9.91. The van der Waals surface area contributed by atoms with Gasteiger partial charge in [-0.15, -0.1) is 12.4 Å². The lowest BCUT2D eigenvalue weighted by Gasteiger charge is -2.20. The van der Waals surface area contributed by atoms with Crippen LogP contribution in [-0.4, -0.2) is 0 Å². The van der Waals surface area contributed by atoms with Gasteiger partial charge < -0.3 is 5.73 Å². The van der Waals surface area contributed by atoms with Gasteiger partial charge in [-0.3, -0.25) is 0 Å². The Balaban J connectivity index is 0.00000169. The highest BCUT2D eigenvalue weighted by molar-refractivity contribution is 5.85. The zero-order chi connectivity index (χ0) is 9.84. The van der Waals surface area contributed by atoms with Crippen molar-refractivity contribution < 1.29 is 0 Å². The smallest absolute Gasteiger partial charge is 0.0323 e. The summed E-state index contributed by atoms with van der Waals surface area (Å²) in [6, 6.07) is 8.56. The Hall–Kier alpha value is -0.530. The Morgan fingerprint density at radius 1 is 1.29 bits per heavy atom. The second-order valence-corrected chi connectivity index (χ2v) is 3.77. The molecule has 1 unspecified atom stereocenters. The highest BCUT2D eigenvalue weighted by atomic mass is 35.5. The number of aryl methyl sites for hydroxylation is 1. The Morgan fingerprint density at radius 2 is 1.86 bits per heavy atom. The van der Waals surface area contributed by atoms with Gasteiger partial charge in [-0.2, -0.15) is 0 Å². The highest BCUT2D eigenvalue weighted by Crippen LogP contribution is 2.23. The molecular formula is C12H20ClN. The molecule has 14 heavy (non-hydrogen) atoms. The first-order chi connectivity index (χ1) is 6.16. The molecule has 0 aliphatic heterocycles. The maximum Gasteiger partial charge on any atom is 0.0323 e. The van der Waals surface area contributed by atoms with Crippen LogP contribution in [0.2, 0.25) is 0 Å². The van der Waals surface area contributed by atoms with E-state index >= 15 is 0 Å². The summed E-state index contributed by atoms with van der Waals surface area (Å²) in [5.41, 5.74) is 8.74. The van der Waals surface area contributed by atoms with Crippen molar-refractivity contribution in [1.29, 1.82) is 0 Å². The first-order valence-electron chi connectivity index (χ1n) is 4.98. The summed E-state index contributed by atoms with van der Waals surface area (Å²) in [7, 11) is 0. The lowest BCUT2D eigenvalue weighted by molar-refractivity contribution is 0.455. The van der Waals surface area contributed by atoms with Gasteiger partial charge in [0, 0.05) is 6.04 Å². The summed E-state index contributed by atoms with van der Waals surface area (Å²) in [4.78, 5) is 0. The first-order valence-corrected chi connectivity index (χ1v) is 4.98. The molecule has 0 fully saturated rings. The Kier molecular flexibility index (Phi) is 5.82. The predicted octanol–water partition coefficient (Wildman–Crippen LogP) is 3.46. The van der Waals surface area contributed by atoms with Crippen molar-refractivity contribution in [3.63, 3.8) is 0 Å². The molecule has 0 aromatic heterocycles. The van der Waals surface area contributed by atoms with Crippen LogP contribution in [0.4, 0.5) is 0 Å². The fourth-order valence-corrected chi connectivity index (χ4v) is 1.52. The minimum Gasteiger partial charge on any atom is -0.324 e. The quantitative estimate of drug-likeness (QED) is 0.818. The molecule has 2 heteroatoms. The fourth-order valence-electron chi connectivity index (χ4n) is 1.52. The molecule has 1 nitrogen and oxygen atoms in total. The fraction of sp³-hybridized carbons (Fsp3) is 0.500. The monoisotopic (exact) mass is 213 g/mol. The van der Waals surface area contributed by atoms with Crippen molar-refractivity contribution in [1.82, 2.24) is 0 Å². The molecule has 80 valence electrons. The molecule has 2 atom stereocenters. The summed E-state index contributed by atoms with van der Waals surface area (Å²) in [6.07, 6.45) is 1.13. The molecule has 0 aliphatic carbocycles. The Bertz CT molecular complexity index is 273. The molecule has 1 rings (SSSR count). The van der Waals surface area contributed by atoms with E-state index in [2.05, 4.69) is 45.0 Å². The van der Waals surface area contributed by atoms with E-state index < -0.39 is 0 Å². The van der Waals surface area contributed by atoms with Crippen molar-refractivity contribution in [3.8, 4) is 0 Å². The standard InChI is InChI=1S/C12H19N.ClH/c1-4-9(2)12(13)11-8-6-5-7-10(11)3;/h5-9,12H,4,13H2,1-3H3;1H/t9?,12-;/m0./s1. The van der Waals surface area contributed by atoms with Gasteiger partial charge in [-0.1, -0.05) is 44.5 Å². The molecule has 0 saturated heterocycles. The van der Waals surface area contributed by atoms with Crippen LogP contribution in [-0.2, 0) is 0 Å². The van der Waals surface area contributed by atoms with E-state index in [1.807, 2.05) is 0 Å². The predicted molar refractivity (Wildman–Crippen MR) is 64.8 cm³/mol. The van der Waals surface area contributed by atoms with Crippen molar-refractivity contribution in [2.45, 2.75) is 33.2 Å². The first kappa shape index (κ1) is 13.5. The molecule has 0 spiro atoms. The van der Waals surface area contributed by atoms with Gasteiger partial charge in [0.1, 0.15) is 0 Å². The van der Waals surface area contributed by atoms with Crippen LogP contribution in [0.25, 0.3) is 0 Å². The SMILES string of the molecule is CCC(C)[C@H](N)c1ccccc1C.Cl. The number of halogens is 1. The largest absolute Gasteiger partial charge is 0.324 e. The second-order valence-electron chi connectivity index (χ2n) is 3.77. The molecule has 0 aliphatic rings. The van der Waals surface area contributed by atoms with Crippen LogP contribution in [0.15, 0.2) is 24.3 Å². The van der Waals surface area contributed by atoms with Crippen LogP contribution in [0.5, 0.6) is 0 Å². The van der Waals surface area contributed by atoms with Gasteiger partial charge in [0.2, 0.25) is 0 Å². The zero-order valence-corrected chi connectivity index (χ0v) is 9.97. The van der Waals surface area contributed by atoms with E-state index in [0.717, 1.165) is 6.42 Å². The Labute approximate surface area is 93.1 Å². The lowest BCUT2D eigenvalue weighted by Crippen LogP contribution is -2.19. The highest BCUT2D eigenvalue weighted by Gasteiger charge is 2.13. The van der Waals surface area contributed by atoms with Crippen molar-refractivity contribution in [3.05, 3.63) is 35.4 Å². The maximum atomic E-state index is 6.15. The molecule has 0 saturated carbocycles. The topological polar surface area (TPSA) is 26.0 Å². The zero-order valence-electron chi connectivity index (χ0n) is 9.16. The van der Waals surface area contributed by atoms with Gasteiger partial charge in [-0.05, 0) is 24.0 Å². The van der Waals surface area contributed by atoms with E-state index in [1.54, 1.807) is 0 Å². The number of hydrogen-bond donors (Lipinski definition) is 1. The maximum absolute atomic E-state index is 6.15. The third-order valence-electron chi connectivity index (χ3n) is 2.80. The molecule has 0 heterocycles. The molecule has 0 amide bonds. The average molecular weight is 214 g/mol. The minimum atomic E-state index is 0. The number of nitrogens with two attached hydrogens (primary N) is 1. The molecule has 2 N–H and O–H groups in total. The summed E-state index contributed by atoms with van der Waals surface area (Å²) in [5.74, 6) is 0.557. The van der Waals surface area contributed by atoms with Gasteiger partial charge in [-0.25, -0.2) is 0 Å². The molecule has 0 radical (unpaired) electrons.